The largest absolute Gasteiger partial charge is 0.472 e. The van der Waals surface area contributed by atoms with Crippen LogP contribution in [0.2, 0.25) is 0 Å². The molecule has 80 heavy (non-hydrogen) atoms. The predicted octanol–water partition coefficient (Wildman–Crippen LogP) is 16.6. The van der Waals surface area contributed by atoms with E-state index in [-0.39, 0.29) is 25.7 Å². The van der Waals surface area contributed by atoms with Crippen molar-refractivity contribution in [1.82, 2.24) is 0 Å². The zero-order valence-corrected chi connectivity index (χ0v) is 53.0. The molecule has 0 rings (SSSR count). The van der Waals surface area contributed by atoms with Crippen molar-refractivity contribution in [3.63, 3.8) is 0 Å². The molecule has 6 atom stereocenters. The molecule has 0 spiro atoms. The Morgan fingerprint density at radius 2 is 0.600 bits per heavy atom. The molecule has 0 aromatic heterocycles. The molecule has 19 heteroatoms. The summed E-state index contributed by atoms with van der Waals surface area (Å²) in [6, 6.07) is 0. The number of unbranched alkanes of at least 4 members (excludes halogenated alkanes) is 32. The number of rotatable bonds is 61. The van der Waals surface area contributed by atoms with Gasteiger partial charge in [0.25, 0.3) is 0 Å². The van der Waals surface area contributed by atoms with Crippen LogP contribution in [0.25, 0.3) is 0 Å². The molecule has 0 saturated carbocycles. The molecule has 0 aromatic rings. The number of aliphatic hydroxyl groups is 1. The molecule has 0 aliphatic carbocycles. The molecule has 0 amide bonds. The molecule has 17 nitrogen and oxygen atoms in total. The van der Waals surface area contributed by atoms with Gasteiger partial charge in [-0.2, -0.15) is 0 Å². The van der Waals surface area contributed by atoms with Gasteiger partial charge in [0.15, 0.2) is 12.2 Å². The second kappa shape index (κ2) is 55.0. The molecule has 0 saturated heterocycles. The number of phosphoric acid groups is 2. The van der Waals surface area contributed by atoms with E-state index in [9.17, 15) is 43.2 Å². The monoisotopic (exact) mass is 1180 g/mol. The van der Waals surface area contributed by atoms with E-state index in [4.69, 9.17) is 37.0 Å². The Hall–Kier alpha value is -1.94. The van der Waals surface area contributed by atoms with Gasteiger partial charge in [-0.05, 0) is 31.6 Å². The number of hydrogen-bond acceptors (Lipinski definition) is 15. The molecular weight excluding hydrogens is 1070 g/mol. The van der Waals surface area contributed by atoms with Gasteiger partial charge >= 0.3 is 39.5 Å². The molecule has 3 N–H and O–H groups in total. The fourth-order valence-electron chi connectivity index (χ4n) is 9.02. The maximum Gasteiger partial charge on any atom is 0.472 e. The third kappa shape index (κ3) is 54.0. The highest BCUT2D eigenvalue weighted by Gasteiger charge is 2.30. The van der Waals surface area contributed by atoms with Crippen molar-refractivity contribution >= 4 is 39.5 Å². The minimum atomic E-state index is -4.94. The average molecular weight is 1190 g/mol. The Labute approximate surface area is 486 Å². The van der Waals surface area contributed by atoms with Crippen LogP contribution in [0.15, 0.2) is 0 Å². The molecule has 0 radical (unpaired) electrons. The van der Waals surface area contributed by atoms with Gasteiger partial charge in [0.1, 0.15) is 19.3 Å². The van der Waals surface area contributed by atoms with Crippen molar-refractivity contribution < 1.29 is 80.2 Å². The molecule has 0 heterocycles. The fourth-order valence-corrected chi connectivity index (χ4v) is 10.6. The number of aliphatic hydroxyl groups excluding tert-OH is 1. The van der Waals surface area contributed by atoms with Crippen LogP contribution in [0.5, 0.6) is 0 Å². The number of carbonyl (C=O) groups is 4. The van der Waals surface area contributed by atoms with Gasteiger partial charge in [-0.3, -0.25) is 37.3 Å². The first-order valence-corrected chi connectivity index (χ1v) is 35.2. The van der Waals surface area contributed by atoms with Crippen LogP contribution in [-0.2, 0) is 65.4 Å². The summed E-state index contributed by atoms with van der Waals surface area (Å²) >= 11 is 0. The second-order valence-electron chi connectivity index (χ2n) is 22.3. The molecule has 474 valence electrons. The molecule has 0 bridgehead atoms. The lowest BCUT2D eigenvalue weighted by molar-refractivity contribution is -0.161. The SMILES string of the molecule is CCCCCCCCCCCCC(=O)OC[C@H](COP(=O)(O)OC[C@@H](O)COP(=O)(O)OC[C@@H](COC(=O)CCCCCCCCCC)OC(=O)CCCCCCCCCCCC)OC(=O)CCCCCCCCCCC(C)CC. The Kier molecular flexibility index (Phi) is 53.6. The first-order valence-electron chi connectivity index (χ1n) is 32.2. The molecule has 0 aliphatic heterocycles. The minimum Gasteiger partial charge on any atom is -0.462 e. The van der Waals surface area contributed by atoms with Crippen LogP contribution in [0.3, 0.4) is 0 Å². The smallest absolute Gasteiger partial charge is 0.462 e. The van der Waals surface area contributed by atoms with Crippen LogP contribution >= 0.6 is 15.6 Å². The van der Waals surface area contributed by atoms with Crippen molar-refractivity contribution in [1.29, 1.82) is 0 Å². The van der Waals surface area contributed by atoms with Gasteiger partial charge in [-0.15, -0.1) is 0 Å². The third-order valence-electron chi connectivity index (χ3n) is 14.4. The molecule has 3 unspecified atom stereocenters. The zero-order chi connectivity index (χ0) is 59.2. The summed E-state index contributed by atoms with van der Waals surface area (Å²) in [5, 5.41) is 10.5. The van der Waals surface area contributed by atoms with Crippen LogP contribution in [0, 0.1) is 5.92 Å². The first kappa shape index (κ1) is 78.1. The van der Waals surface area contributed by atoms with E-state index in [0.717, 1.165) is 102 Å². The molecule has 0 aliphatic rings. The molecular formula is C61H118O17P2. The maximum absolute atomic E-state index is 12.9. The summed E-state index contributed by atoms with van der Waals surface area (Å²) in [6.07, 6.45) is 37.5. The zero-order valence-electron chi connectivity index (χ0n) is 51.2. The lowest BCUT2D eigenvalue weighted by atomic mass is 9.99. The summed E-state index contributed by atoms with van der Waals surface area (Å²) in [5.41, 5.74) is 0. The van der Waals surface area contributed by atoms with Crippen molar-refractivity contribution in [2.75, 3.05) is 39.6 Å². The third-order valence-corrected chi connectivity index (χ3v) is 16.3. The van der Waals surface area contributed by atoms with E-state index in [1.807, 2.05) is 0 Å². The topological polar surface area (TPSA) is 237 Å². The number of carbonyl (C=O) groups excluding carboxylic acids is 4. The maximum atomic E-state index is 12.9. The van der Waals surface area contributed by atoms with Gasteiger partial charge < -0.3 is 33.8 Å². The predicted molar refractivity (Wildman–Crippen MR) is 317 cm³/mol. The quantitative estimate of drug-likeness (QED) is 0.0222. The van der Waals surface area contributed by atoms with Crippen molar-refractivity contribution in [3.05, 3.63) is 0 Å². The number of hydrogen-bond donors (Lipinski definition) is 3. The number of phosphoric ester groups is 2. The highest BCUT2D eigenvalue weighted by atomic mass is 31.2. The lowest BCUT2D eigenvalue weighted by Gasteiger charge is -2.21. The van der Waals surface area contributed by atoms with Crippen molar-refractivity contribution in [3.8, 4) is 0 Å². The van der Waals surface area contributed by atoms with Gasteiger partial charge in [0, 0.05) is 25.7 Å². The van der Waals surface area contributed by atoms with E-state index >= 15 is 0 Å². The normalized spacial score (nSPS) is 14.7. The summed E-state index contributed by atoms with van der Waals surface area (Å²) in [6.45, 7) is 7.13. The van der Waals surface area contributed by atoms with Crippen LogP contribution in [0.1, 0.15) is 304 Å². The van der Waals surface area contributed by atoms with Gasteiger partial charge in [-0.25, -0.2) is 9.13 Å². The summed E-state index contributed by atoms with van der Waals surface area (Å²) < 4.78 is 67.8. The van der Waals surface area contributed by atoms with Crippen LogP contribution < -0.4 is 0 Å². The van der Waals surface area contributed by atoms with Gasteiger partial charge in [-0.1, -0.05) is 253 Å². The van der Waals surface area contributed by atoms with Gasteiger partial charge in [0.05, 0.1) is 26.4 Å². The minimum absolute atomic E-state index is 0.105. The summed E-state index contributed by atoms with van der Waals surface area (Å²) in [4.78, 5) is 72.0. The standard InChI is InChI=1S/C61H118O17P2/c1-6-10-13-16-19-22-24-30-35-40-45-59(64)72-51-57(78-61(66)47-42-37-32-27-26-28-33-38-43-54(5)9-4)53-76-80(69,70)74-49-55(62)48-73-79(67,68)75-52-56(50-71-58(63)44-39-34-29-21-18-15-12-8-3)77-60(65)46-41-36-31-25-23-20-17-14-11-7-2/h54-57,62H,6-53H2,1-5H3,(H,67,68)(H,69,70)/t54?,55-,56+,57+/m0/s1. The van der Waals surface area contributed by atoms with Crippen molar-refractivity contribution in [2.45, 2.75) is 323 Å². The Bertz CT molecular complexity index is 1570. The highest BCUT2D eigenvalue weighted by Crippen LogP contribution is 2.45. The highest BCUT2D eigenvalue weighted by molar-refractivity contribution is 7.47. The van der Waals surface area contributed by atoms with E-state index in [1.54, 1.807) is 0 Å². The number of ether oxygens (including phenoxy) is 4. The Morgan fingerprint density at radius 1 is 0.350 bits per heavy atom. The Balaban J connectivity index is 5.23. The van der Waals surface area contributed by atoms with E-state index in [1.165, 1.54) is 122 Å². The Morgan fingerprint density at radius 3 is 0.887 bits per heavy atom. The van der Waals surface area contributed by atoms with Crippen LogP contribution in [-0.4, -0.2) is 96.7 Å². The summed E-state index contributed by atoms with van der Waals surface area (Å²) in [5.74, 6) is -1.37. The van der Waals surface area contributed by atoms with Crippen molar-refractivity contribution in [2.24, 2.45) is 5.92 Å². The lowest BCUT2D eigenvalue weighted by Crippen LogP contribution is -2.30. The molecule has 0 fully saturated rings. The average Bonchev–Trinajstić information content (AvgIpc) is 3.43. The first-order chi connectivity index (χ1) is 38.6. The summed E-state index contributed by atoms with van der Waals surface area (Å²) in [7, 11) is -9.87. The van der Waals surface area contributed by atoms with E-state index in [0.29, 0.717) is 25.7 Å². The van der Waals surface area contributed by atoms with E-state index < -0.39 is 97.5 Å². The second-order valence-corrected chi connectivity index (χ2v) is 25.2. The number of esters is 4. The van der Waals surface area contributed by atoms with Crippen LogP contribution in [0.4, 0.5) is 0 Å². The fraction of sp³-hybridized carbons (Fsp3) is 0.934. The van der Waals surface area contributed by atoms with Gasteiger partial charge in [0.2, 0.25) is 0 Å². The molecule has 0 aromatic carbocycles. The van der Waals surface area contributed by atoms with E-state index in [2.05, 4.69) is 34.6 Å².